The largest absolute Gasteiger partial charge is 0.397 e. The summed E-state index contributed by atoms with van der Waals surface area (Å²) >= 11 is 1.41. The first-order valence-corrected chi connectivity index (χ1v) is 6.39. The van der Waals surface area contributed by atoms with Gasteiger partial charge in [0.05, 0.1) is 22.1 Å². The number of anilines is 2. The van der Waals surface area contributed by atoms with E-state index in [1.165, 1.54) is 11.3 Å². The van der Waals surface area contributed by atoms with Crippen LogP contribution in [0.3, 0.4) is 0 Å². The summed E-state index contributed by atoms with van der Waals surface area (Å²) in [5.74, 6) is -0.0731. The second-order valence-corrected chi connectivity index (χ2v) is 5.27. The molecule has 0 atom stereocenters. The molecule has 0 saturated carbocycles. The second kappa shape index (κ2) is 4.78. The van der Waals surface area contributed by atoms with Gasteiger partial charge in [0.25, 0.3) is 5.91 Å². The second-order valence-electron chi connectivity index (χ2n) is 4.07. The van der Waals surface area contributed by atoms with E-state index in [1.807, 2.05) is 32.0 Å². The third kappa shape index (κ3) is 2.22. The predicted molar refractivity (Wildman–Crippen MR) is 75.2 cm³/mol. The molecule has 1 heterocycles. The summed E-state index contributed by atoms with van der Waals surface area (Å²) in [4.78, 5) is 18.9. The summed E-state index contributed by atoms with van der Waals surface area (Å²) in [6.07, 6.45) is 0. The molecule has 94 valence electrons. The highest BCUT2D eigenvalue weighted by atomic mass is 32.1. The van der Waals surface area contributed by atoms with Crippen molar-refractivity contribution in [3.05, 3.63) is 39.8 Å². The number of nitrogens with zero attached hydrogens (tertiary/aromatic N) is 2. The Balaban J connectivity index is 2.35. The lowest BCUT2D eigenvalue weighted by Gasteiger charge is -2.18. The van der Waals surface area contributed by atoms with Crippen LogP contribution >= 0.6 is 11.3 Å². The number of carbonyl (C=O) groups is 1. The van der Waals surface area contributed by atoms with E-state index in [2.05, 4.69) is 4.98 Å². The number of aryl methyl sites for hydroxylation is 2. The van der Waals surface area contributed by atoms with Gasteiger partial charge < -0.3 is 10.6 Å². The van der Waals surface area contributed by atoms with Crippen molar-refractivity contribution in [2.75, 3.05) is 17.7 Å². The Morgan fingerprint density at radius 3 is 2.56 bits per heavy atom. The molecule has 0 spiro atoms. The predicted octanol–water partition coefficient (Wildman–Crippen LogP) is 2.62. The molecule has 0 radical (unpaired) electrons. The maximum Gasteiger partial charge on any atom is 0.270 e. The molecule has 1 aromatic heterocycles. The van der Waals surface area contributed by atoms with Crippen LogP contribution in [-0.2, 0) is 0 Å². The van der Waals surface area contributed by atoms with Gasteiger partial charge in [-0.25, -0.2) is 4.98 Å². The van der Waals surface area contributed by atoms with Crippen molar-refractivity contribution in [3.63, 3.8) is 0 Å². The van der Waals surface area contributed by atoms with Crippen LogP contribution in [0.2, 0.25) is 0 Å². The van der Waals surface area contributed by atoms with Gasteiger partial charge in [-0.2, -0.15) is 0 Å². The summed E-state index contributed by atoms with van der Waals surface area (Å²) in [7, 11) is 1.72. The molecular weight excluding hydrogens is 246 g/mol. The van der Waals surface area contributed by atoms with Crippen LogP contribution < -0.4 is 10.6 Å². The van der Waals surface area contributed by atoms with E-state index in [0.29, 0.717) is 16.3 Å². The zero-order valence-electron chi connectivity index (χ0n) is 10.6. The maximum atomic E-state index is 12.4. The highest BCUT2D eigenvalue weighted by molar-refractivity contribution is 7.13. The zero-order chi connectivity index (χ0) is 13.3. The zero-order valence-corrected chi connectivity index (χ0v) is 11.4. The Hall–Kier alpha value is -1.88. The van der Waals surface area contributed by atoms with Crippen LogP contribution in [-0.4, -0.2) is 17.9 Å². The van der Waals surface area contributed by atoms with E-state index in [9.17, 15) is 4.79 Å². The molecular formula is C13H15N3OS. The molecule has 0 aliphatic carbocycles. The van der Waals surface area contributed by atoms with Crippen molar-refractivity contribution >= 4 is 28.6 Å². The fourth-order valence-electron chi connectivity index (χ4n) is 1.78. The number of nitrogens with two attached hydrogens (primary N) is 1. The SMILES string of the molecule is Cc1nc(C)c(C(=O)N(C)c2ccccc2N)s1. The summed E-state index contributed by atoms with van der Waals surface area (Å²) < 4.78 is 0. The monoisotopic (exact) mass is 261 g/mol. The lowest BCUT2D eigenvalue weighted by atomic mass is 10.2. The van der Waals surface area contributed by atoms with Gasteiger partial charge >= 0.3 is 0 Å². The van der Waals surface area contributed by atoms with Crippen LogP contribution in [0.1, 0.15) is 20.4 Å². The minimum atomic E-state index is -0.0731. The van der Waals surface area contributed by atoms with Crippen LogP contribution in [0.4, 0.5) is 11.4 Å². The summed E-state index contributed by atoms with van der Waals surface area (Å²) in [5, 5.41) is 0.894. The molecule has 0 aliphatic heterocycles. The molecule has 2 N–H and O–H groups in total. The molecule has 18 heavy (non-hydrogen) atoms. The molecule has 0 bridgehead atoms. The molecule has 1 amide bonds. The van der Waals surface area contributed by atoms with Gasteiger partial charge in [0.15, 0.2) is 0 Å². The van der Waals surface area contributed by atoms with Crippen LogP contribution in [0.5, 0.6) is 0 Å². The summed E-state index contributed by atoms with van der Waals surface area (Å²) in [5.41, 5.74) is 7.95. The quantitative estimate of drug-likeness (QED) is 0.845. The summed E-state index contributed by atoms with van der Waals surface area (Å²) in [6.45, 7) is 3.74. The van der Waals surface area contributed by atoms with Gasteiger partial charge in [-0.3, -0.25) is 4.79 Å². The van der Waals surface area contributed by atoms with E-state index in [4.69, 9.17) is 5.73 Å². The fourth-order valence-corrected chi connectivity index (χ4v) is 2.68. The molecule has 0 aliphatic rings. The highest BCUT2D eigenvalue weighted by Crippen LogP contribution is 2.25. The summed E-state index contributed by atoms with van der Waals surface area (Å²) in [6, 6.07) is 7.32. The molecule has 2 aromatic rings. The number of aromatic nitrogens is 1. The maximum absolute atomic E-state index is 12.4. The number of thiazole rings is 1. The van der Waals surface area contributed by atoms with E-state index in [-0.39, 0.29) is 5.91 Å². The molecule has 0 unspecified atom stereocenters. The third-order valence-corrected chi connectivity index (χ3v) is 3.76. The first-order chi connectivity index (χ1) is 8.50. The molecule has 5 heteroatoms. The van der Waals surface area contributed by atoms with Crippen molar-refractivity contribution in [1.29, 1.82) is 0 Å². The number of nitrogen functional groups attached to an aromatic ring is 1. The number of hydrogen-bond donors (Lipinski definition) is 1. The number of rotatable bonds is 2. The molecule has 4 nitrogen and oxygen atoms in total. The minimum Gasteiger partial charge on any atom is -0.397 e. The topological polar surface area (TPSA) is 59.2 Å². The Labute approximate surface area is 110 Å². The van der Waals surface area contributed by atoms with Crippen LogP contribution in [0.15, 0.2) is 24.3 Å². The number of para-hydroxylation sites is 2. The number of hydrogen-bond acceptors (Lipinski definition) is 4. The smallest absolute Gasteiger partial charge is 0.270 e. The van der Waals surface area contributed by atoms with Crippen molar-refractivity contribution in [1.82, 2.24) is 4.98 Å². The van der Waals surface area contributed by atoms with Crippen molar-refractivity contribution in [3.8, 4) is 0 Å². The molecule has 2 rings (SSSR count). The molecule has 0 fully saturated rings. The van der Waals surface area contributed by atoms with Gasteiger partial charge in [0.1, 0.15) is 4.88 Å². The Kier molecular flexibility index (Phi) is 3.34. The van der Waals surface area contributed by atoms with Gasteiger partial charge in [-0.15, -0.1) is 11.3 Å². The Morgan fingerprint density at radius 2 is 2.00 bits per heavy atom. The number of benzene rings is 1. The average molecular weight is 261 g/mol. The number of amides is 1. The lowest BCUT2D eigenvalue weighted by Crippen LogP contribution is -2.26. The Bertz CT molecular complexity index is 592. The van der Waals surface area contributed by atoms with Crippen molar-refractivity contribution < 1.29 is 4.79 Å². The van der Waals surface area contributed by atoms with Crippen LogP contribution in [0.25, 0.3) is 0 Å². The van der Waals surface area contributed by atoms with Gasteiger partial charge in [-0.1, -0.05) is 12.1 Å². The normalized spacial score (nSPS) is 10.4. The lowest BCUT2D eigenvalue weighted by molar-refractivity contribution is 0.0996. The minimum absolute atomic E-state index is 0.0731. The molecule has 1 aromatic carbocycles. The van der Waals surface area contributed by atoms with Crippen molar-refractivity contribution in [2.45, 2.75) is 13.8 Å². The third-order valence-electron chi connectivity index (χ3n) is 2.70. The number of carbonyl (C=O) groups excluding carboxylic acids is 1. The standard InChI is InChI=1S/C13H15N3OS/c1-8-12(18-9(2)15-8)13(17)16(3)11-7-5-4-6-10(11)14/h4-7H,14H2,1-3H3. The van der Waals surface area contributed by atoms with Crippen LogP contribution in [0, 0.1) is 13.8 Å². The van der Waals surface area contributed by atoms with E-state index in [1.54, 1.807) is 18.0 Å². The average Bonchev–Trinajstić information content (AvgIpc) is 2.67. The first-order valence-electron chi connectivity index (χ1n) is 5.57. The van der Waals surface area contributed by atoms with Gasteiger partial charge in [-0.05, 0) is 26.0 Å². The van der Waals surface area contributed by atoms with E-state index in [0.717, 1.165) is 10.7 Å². The van der Waals surface area contributed by atoms with Gasteiger partial charge in [0.2, 0.25) is 0 Å². The van der Waals surface area contributed by atoms with E-state index >= 15 is 0 Å². The van der Waals surface area contributed by atoms with E-state index < -0.39 is 0 Å². The first kappa shape index (κ1) is 12.6. The Morgan fingerprint density at radius 1 is 1.33 bits per heavy atom. The molecule has 0 saturated heterocycles. The van der Waals surface area contributed by atoms with Gasteiger partial charge in [0, 0.05) is 7.05 Å². The highest BCUT2D eigenvalue weighted by Gasteiger charge is 2.20. The van der Waals surface area contributed by atoms with Crippen molar-refractivity contribution in [2.24, 2.45) is 0 Å². The fraction of sp³-hybridized carbons (Fsp3) is 0.231.